The van der Waals surface area contributed by atoms with Gasteiger partial charge in [0.2, 0.25) is 0 Å². The fourth-order valence-electron chi connectivity index (χ4n) is 1.69. The van der Waals surface area contributed by atoms with Crippen LogP contribution in [0.4, 0.5) is 10.1 Å². The summed E-state index contributed by atoms with van der Waals surface area (Å²) < 4.78 is 18.2. The minimum absolute atomic E-state index is 0.203. The molecule has 0 aliphatic rings. The quantitative estimate of drug-likeness (QED) is 0.879. The van der Waals surface area contributed by atoms with Crippen molar-refractivity contribution in [1.29, 1.82) is 0 Å². The number of nitrogens with one attached hydrogen (secondary N) is 1. The Bertz CT molecular complexity index is 569. The Hall–Kier alpha value is -1.45. The lowest BCUT2D eigenvalue weighted by molar-refractivity contribution is 0.387. The average Bonchev–Trinajstić information content (AvgIpc) is 2.36. The molecule has 5 heteroatoms. The van der Waals surface area contributed by atoms with Crippen LogP contribution in [0.3, 0.4) is 0 Å². The summed E-state index contributed by atoms with van der Waals surface area (Å²) in [5.74, 6) is -0.187. The normalized spacial score (nSPS) is 10.3. The van der Waals surface area contributed by atoms with Crippen LogP contribution in [-0.4, -0.2) is 7.11 Å². The van der Waals surface area contributed by atoms with Gasteiger partial charge >= 0.3 is 0 Å². The topological polar surface area (TPSA) is 21.3 Å². The highest BCUT2D eigenvalue weighted by atomic mass is 35.5. The summed E-state index contributed by atoms with van der Waals surface area (Å²) in [6, 6.07) is 9.91. The number of methoxy groups -OCH3 is 1. The highest BCUT2D eigenvalue weighted by Crippen LogP contribution is 2.23. The van der Waals surface area contributed by atoms with Gasteiger partial charge in [0, 0.05) is 28.3 Å². The van der Waals surface area contributed by atoms with E-state index in [1.165, 1.54) is 13.2 Å². The second kappa shape index (κ2) is 6.13. The van der Waals surface area contributed by atoms with Crippen molar-refractivity contribution in [1.82, 2.24) is 0 Å². The number of hydrogen-bond acceptors (Lipinski definition) is 2. The molecule has 0 saturated carbocycles. The van der Waals surface area contributed by atoms with Crippen LogP contribution in [-0.2, 0) is 6.54 Å². The van der Waals surface area contributed by atoms with Crippen molar-refractivity contribution in [3.8, 4) is 5.75 Å². The highest BCUT2D eigenvalue weighted by Gasteiger charge is 2.04. The first kappa shape index (κ1) is 14.0. The molecule has 0 spiro atoms. The monoisotopic (exact) mass is 299 g/mol. The third-order valence-corrected chi connectivity index (χ3v) is 3.01. The molecule has 19 heavy (non-hydrogen) atoms. The van der Waals surface area contributed by atoms with Gasteiger partial charge < -0.3 is 10.1 Å². The van der Waals surface area contributed by atoms with E-state index in [4.69, 9.17) is 27.9 Å². The summed E-state index contributed by atoms with van der Waals surface area (Å²) in [6.07, 6.45) is 0. The van der Waals surface area contributed by atoms with Crippen molar-refractivity contribution in [3.63, 3.8) is 0 Å². The van der Waals surface area contributed by atoms with E-state index in [2.05, 4.69) is 5.32 Å². The van der Waals surface area contributed by atoms with Crippen LogP contribution >= 0.6 is 23.2 Å². The van der Waals surface area contributed by atoms with E-state index in [1.54, 1.807) is 18.2 Å². The Morgan fingerprint density at radius 2 is 1.79 bits per heavy atom. The molecule has 2 aromatic carbocycles. The lowest BCUT2D eigenvalue weighted by Gasteiger charge is -2.09. The zero-order valence-corrected chi connectivity index (χ0v) is 11.7. The number of anilines is 1. The summed E-state index contributed by atoms with van der Waals surface area (Å²) in [5.41, 5.74) is 1.70. The zero-order valence-electron chi connectivity index (χ0n) is 10.2. The van der Waals surface area contributed by atoms with Gasteiger partial charge in [0.25, 0.3) is 0 Å². The Labute approximate surface area is 121 Å². The molecule has 0 bridgehead atoms. The number of benzene rings is 2. The summed E-state index contributed by atoms with van der Waals surface area (Å²) >= 11 is 11.8. The summed E-state index contributed by atoms with van der Waals surface area (Å²) in [4.78, 5) is 0. The van der Waals surface area contributed by atoms with Gasteiger partial charge in [-0.2, -0.15) is 0 Å². The van der Waals surface area contributed by atoms with Crippen molar-refractivity contribution >= 4 is 28.9 Å². The summed E-state index contributed by atoms with van der Waals surface area (Å²) in [7, 11) is 1.43. The SMILES string of the molecule is COc1cc(NCc2cc(Cl)cc(Cl)c2)ccc1F. The second-order valence-electron chi connectivity index (χ2n) is 3.98. The maximum atomic E-state index is 13.3. The standard InChI is InChI=1S/C14H12Cl2FNO/c1-19-14-7-12(2-3-13(14)17)18-8-9-4-10(15)6-11(16)5-9/h2-7,18H,8H2,1H3. The van der Waals surface area contributed by atoms with E-state index in [0.29, 0.717) is 16.6 Å². The van der Waals surface area contributed by atoms with Crippen LogP contribution in [0.2, 0.25) is 10.0 Å². The smallest absolute Gasteiger partial charge is 0.165 e. The molecular weight excluding hydrogens is 288 g/mol. The Morgan fingerprint density at radius 3 is 2.42 bits per heavy atom. The molecule has 0 atom stereocenters. The van der Waals surface area contributed by atoms with Gasteiger partial charge in [0.15, 0.2) is 11.6 Å². The van der Waals surface area contributed by atoms with E-state index >= 15 is 0 Å². The fourth-order valence-corrected chi connectivity index (χ4v) is 2.26. The van der Waals surface area contributed by atoms with Crippen molar-refractivity contribution < 1.29 is 9.13 Å². The maximum Gasteiger partial charge on any atom is 0.165 e. The molecule has 1 N–H and O–H groups in total. The fraction of sp³-hybridized carbons (Fsp3) is 0.143. The molecule has 0 amide bonds. The predicted octanol–water partition coefficient (Wildman–Crippen LogP) is 4.75. The largest absolute Gasteiger partial charge is 0.494 e. The molecule has 0 saturated heterocycles. The molecule has 100 valence electrons. The first-order valence-corrected chi connectivity index (χ1v) is 6.36. The molecule has 0 heterocycles. The molecule has 0 aliphatic carbocycles. The second-order valence-corrected chi connectivity index (χ2v) is 4.85. The molecule has 0 aliphatic heterocycles. The van der Waals surface area contributed by atoms with Gasteiger partial charge in [0.05, 0.1) is 7.11 Å². The Morgan fingerprint density at radius 1 is 1.11 bits per heavy atom. The Balaban J connectivity index is 2.10. The van der Waals surface area contributed by atoms with Crippen LogP contribution in [0.5, 0.6) is 5.75 Å². The van der Waals surface area contributed by atoms with E-state index in [-0.39, 0.29) is 11.6 Å². The molecule has 2 aromatic rings. The third kappa shape index (κ3) is 3.75. The number of halogens is 3. The van der Waals surface area contributed by atoms with E-state index < -0.39 is 0 Å². The van der Waals surface area contributed by atoms with Gasteiger partial charge in [-0.15, -0.1) is 0 Å². The minimum Gasteiger partial charge on any atom is -0.494 e. The van der Waals surface area contributed by atoms with Crippen molar-refractivity contribution in [2.75, 3.05) is 12.4 Å². The first-order chi connectivity index (χ1) is 9.08. The van der Waals surface area contributed by atoms with Crippen molar-refractivity contribution in [3.05, 3.63) is 57.8 Å². The van der Waals surface area contributed by atoms with Crippen LogP contribution in [0.15, 0.2) is 36.4 Å². The first-order valence-electron chi connectivity index (χ1n) is 5.61. The van der Waals surface area contributed by atoms with Gasteiger partial charge in [-0.3, -0.25) is 0 Å². The Kier molecular flexibility index (Phi) is 4.51. The zero-order chi connectivity index (χ0) is 13.8. The van der Waals surface area contributed by atoms with Crippen LogP contribution in [0.1, 0.15) is 5.56 Å². The minimum atomic E-state index is -0.390. The van der Waals surface area contributed by atoms with Gasteiger partial charge in [0.1, 0.15) is 0 Å². The predicted molar refractivity (Wildman–Crippen MR) is 76.7 cm³/mol. The third-order valence-electron chi connectivity index (χ3n) is 2.57. The molecule has 0 unspecified atom stereocenters. The molecule has 0 fully saturated rings. The van der Waals surface area contributed by atoms with Crippen LogP contribution in [0, 0.1) is 5.82 Å². The molecule has 0 radical (unpaired) electrons. The van der Waals surface area contributed by atoms with Crippen molar-refractivity contribution in [2.45, 2.75) is 6.54 Å². The maximum absolute atomic E-state index is 13.3. The summed E-state index contributed by atoms with van der Waals surface area (Å²) in [6.45, 7) is 0.537. The van der Waals surface area contributed by atoms with Gasteiger partial charge in [-0.25, -0.2) is 4.39 Å². The highest BCUT2D eigenvalue weighted by molar-refractivity contribution is 6.34. The molecule has 2 nitrogen and oxygen atoms in total. The van der Waals surface area contributed by atoms with E-state index in [9.17, 15) is 4.39 Å². The molecular formula is C14H12Cl2FNO. The van der Waals surface area contributed by atoms with Crippen LogP contribution in [0.25, 0.3) is 0 Å². The lowest BCUT2D eigenvalue weighted by Crippen LogP contribution is -2.00. The lowest BCUT2D eigenvalue weighted by atomic mass is 10.2. The number of rotatable bonds is 4. The molecule has 2 rings (SSSR count). The van der Waals surface area contributed by atoms with Crippen molar-refractivity contribution in [2.24, 2.45) is 0 Å². The van der Waals surface area contributed by atoms with Gasteiger partial charge in [-0.1, -0.05) is 23.2 Å². The van der Waals surface area contributed by atoms with E-state index in [1.807, 2.05) is 12.1 Å². The summed E-state index contributed by atoms with van der Waals surface area (Å²) in [5, 5.41) is 4.32. The van der Waals surface area contributed by atoms with Crippen LogP contribution < -0.4 is 10.1 Å². The number of ether oxygens (including phenoxy) is 1. The van der Waals surface area contributed by atoms with E-state index in [0.717, 1.165) is 11.3 Å². The van der Waals surface area contributed by atoms with Gasteiger partial charge in [-0.05, 0) is 35.9 Å². The average molecular weight is 300 g/mol. The number of hydrogen-bond donors (Lipinski definition) is 1. The molecule has 0 aromatic heterocycles.